The molecule has 27 heavy (non-hydrogen) atoms. The number of pyridine rings is 1. The number of methoxy groups -OCH3 is 1. The van der Waals surface area contributed by atoms with Crippen molar-refractivity contribution in [3.8, 4) is 5.75 Å². The third-order valence-electron chi connectivity index (χ3n) is 4.83. The van der Waals surface area contributed by atoms with Crippen LogP contribution < -0.4 is 15.0 Å². The Kier molecular flexibility index (Phi) is 4.75. The smallest absolute Gasteiger partial charge is 0.257 e. The molecule has 4 rings (SSSR count). The van der Waals surface area contributed by atoms with E-state index in [1.807, 2.05) is 36.5 Å². The second-order valence-corrected chi connectivity index (χ2v) is 6.55. The number of carbonyl (C=O) groups is 1. The molecule has 2 heterocycles. The summed E-state index contributed by atoms with van der Waals surface area (Å²) >= 11 is 0. The summed E-state index contributed by atoms with van der Waals surface area (Å²) < 4.78 is 5.14. The van der Waals surface area contributed by atoms with Crippen LogP contribution >= 0.6 is 0 Å². The quantitative estimate of drug-likeness (QED) is 0.767. The van der Waals surface area contributed by atoms with Crippen LogP contribution in [0.4, 0.5) is 11.4 Å². The van der Waals surface area contributed by atoms with Gasteiger partial charge in [0.25, 0.3) is 5.91 Å². The Morgan fingerprint density at radius 2 is 1.85 bits per heavy atom. The third kappa shape index (κ3) is 3.77. The summed E-state index contributed by atoms with van der Waals surface area (Å²) in [6, 6.07) is 17.7. The van der Waals surface area contributed by atoms with E-state index in [4.69, 9.17) is 4.74 Å². The fourth-order valence-electron chi connectivity index (χ4n) is 3.32. The van der Waals surface area contributed by atoms with Crippen LogP contribution in [0.2, 0.25) is 0 Å². The molecule has 1 aliphatic heterocycles. The molecule has 1 aliphatic rings. The highest BCUT2D eigenvalue weighted by molar-refractivity contribution is 6.04. The van der Waals surface area contributed by atoms with Crippen molar-refractivity contribution in [2.24, 2.45) is 0 Å². The fourth-order valence-corrected chi connectivity index (χ4v) is 3.32. The minimum Gasteiger partial charge on any atom is -0.497 e. The van der Waals surface area contributed by atoms with E-state index in [2.05, 4.69) is 39.5 Å². The Labute approximate surface area is 158 Å². The lowest BCUT2D eigenvalue weighted by Crippen LogP contribution is -2.30. The molecule has 0 saturated carbocycles. The third-order valence-corrected chi connectivity index (χ3v) is 4.83. The maximum Gasteiger partial charge on any atom is 0.257 e. The average Bonchev–Trinajstić information content (AvgIpc) is 2.74. The molecule has 0 radical (unpaired) electrons. The maximum atomic E-state index is 12.6. The monoisotopic (exact) mass is 359 g/mol. The first kappa shape index (κ1) is 17.1. The Hall–Kier alpha value is -3.34. The summed E-state index contributed by atoms with van der Waals surface area (Å²) in [6.45, 7) is 1.75. The number of rotatable bonds is 4. The number of fused-ring (bicyclic) bond motifs is 1. The number of nitrogens with one attached hydrogen (secondary N) is 1. The molecule has 5 heteroatoms. The minimum absolute atomic E-state index is 0.174. The number of amides is 1. The first-order valence-electron chi connectivity index (χ1n) is 8.95. The van der Waals surface area contributed by atoms with E-state index in [1.165, 1.54) is 11.1 Å². The van der Waals surface area contributed by atoms with E-state index in [9.17, 15) is 4.79 Å². The van der Waals surface area contributed by atoms with Crippen molar-refractivity contribution in [2.75, 3.05) is 23.9 Å². The van der Waals surface area contributed by atoms with Gasteiger partial charge in [-0.15, -0.1) is 0 Å². The van der Waals surface area contributed by atoms with Gasteiger partial charge in [-0.2, -0.15) is 0 Å². The molecule has 1 amide bonds. The van der Waals surface area contributed by atoms with Gasteiger partial charge in [-0.1, -0.05) is 24.3 Å². The molecule has 0 unspecified atom stereocenters. The van der Waals surface area contributed by atoms with E-state index in [0.29, 0.717) is 5.56 Å². The maximum absolute atomic E-state index is 12.6. The van der Waals surface area contributed by atoms with Crippen LogP contribution in [0.5, 0.6) is 5.75 Å². The van der Waals surface area contributed by atoms with Gasteiger partial charge in [0, 0.05) is 25.0 Å². The zero-order valence-electron chi connectivity index (χ0n) is 15.2. The number of anilines is 2. The molecule has 136 valence electrons. The number of benzene rings is 2. The van der Waals surface area contributed by atoms with Gasteiger partial charge in [-0.3, -0.25) is 9.78 Å². The number of aromatic nitrogens is 1. The topological polar surface area (TPSA) is 54.5 Å². The van der Waals surface area contributed by atoms with Gasteiger partial charge in [0.05, 0.1) is 24.6 Å². The fraction of sp³-hybridized carbons (Fsp3) is 0.182. The Balaban J connectivity index is 1.49. The molecule has 1 aromatic heterocycles. The summed E-state index contributed by atoms with van der Waals surface area (Å²) in [5, 5.41) is 2.90. The van der Waals surface area contributed by atoms with Crippen LogP contribution in [0.1, 0.15) is 21.5 Å². The van der Waals surface area contributed by atoms with E-state index < -0.39 is 0 Å². The van der Waals surface area contributed by atoms with Crippen LogP contribution in [0, 0.1) is 0 Å². The summed E-state index contributed by atoms with van der Waals surface area (Å²) in [4.78, 5) is 19.1. The molecule has 5 nitrogen and oxygen atoms in total. The lowest BCUT2D eigenvalue weighted by atomic mass is 9.99. The van der Waals surface area contributed by atoms with Crippen molar-refractivity contribution in [3.63, 3.8) is 0 Å². The minimum atomic E-state index is -0.174. The van der Waals surface area contributed by atoms with Gasteiger partial charge in [0.2, 0.25) is 0 Å². The number of nitrogens with zero attached hydrogens (tertiary/aromatic N) is 2. The first-order chi connectivity index (χ1) is 13.2. The molecule has 0 bridgehead atoms. The summed E-state index contributed by atoms with van der Waals surface area (Å²) in [6.07, 6.45) is 4.41. The summed E-state index contributed by atoms with van der Waals surface area (Å²) in [7, 11) is 1.61. The Morgan fingerprint density at radius 1 is 1.07 bits per heavy atom. The van der Waals surface area contributed by atoms with Crippen molar-refractivity contribution < 1.29 is 9.53 Å². The second-order valence-electron chi connectivity index (χ2n) is 6.55. The molecule has 0 spiro atoms. The van der Waals surface area contributed by atoms with Crippen molar-refractivity contribution >= 4 is 17.3 Å². The van der Waals surface area contributed by atoms with E-state index >= 15 is 0 Å². The van der Waals surface area contributed by atoms with Gasteiger partial charge in [-0.25, -0.2) is 0 Å². The van der Waals surface area contributed by atoms with Gasteiger partial charge >= 0.3 is 0 Å². The predicted molar refractivity (Wildman–Crippen MR) is 106 cm³/mol. The molecule has 0 atom stereocenters. The standard InChI is InChI=1S/C22H21N3O2/c1-27-21-8-6-19(7-9-21)24-22(26)18-12-20(14-23-13-18)25-11-10-16-4-2-3-5-17(16)15-25/h2-9,12-14H,10-11,15H2,1H3,(H,24,26). The highest BCUT2D eigenvalue weighted by Gasteiger charge is 2.17. The Bertz CT molecular complexity index is 954. The number of ether oxygens (including phenoxy) is 1. The van der Waals surface area contributed by atoms with Crippen molar-refractivity contribution in [1.29, 1.82) is 0 Å². The molecular formula is C22H21N3O2. The van der Waals surface area contributed by atoms with Crippen LogP contribution in [-0.2, 0) is 13.0 Å². The van der Waals surface area contributed by atoms with Crippen molar-refractivity contribution in [2.45, 2.75) is 13.0 Å². The lowest BCUT2D eigenvalue weighted by Gasteiger charge is -2.30. The van der Waals surface area contributed by atoms with Gasteiger partial charge in [-0.05, 0) is 47.9 Å². The highest BCUT2D eigenvalue weighted by Crippen LogP contribution is 2.25. The van der Waals surface area contributed by atoms with E-state index in [-0.39, 0.29) is 5.91 Å². The van der Waals surface area contributed by atoms with E-state index in [0.717, 1.165) is 36.6 Å². The molecular weight excluding hydrogens is 338 g/mol. The molecule has 0 fully saturated rings. The molecule has 0 aliphatic carbocycles. The highest BCUT2D eigenvalue weighted by atomic mass is 16.5. The SMILES string of the molecule is COc1ccc(NC(=O)c2cncc(N3CCc4ccccc4C3)c2)cc1. The number of hydrogen-bond donors (Lipinski definition) is 1. The summed E-state index contributed by atoms with van der Waals surface area (Å²) in [5.74, 6) is 0.578. The zero-order valence-corrected chi connectivity index (χ0v) is 15.2. The zero-order chi connectivity index (χ0) is 18.6. The molecule has 2 aromatic carbocycles. The van der Waals surface area contributed by atoms with Crippen LogP contribution in [-0.4, -0.2) is 24.5 Å². The van der Waals surface area contributed by atoms with Gasteiger partial charge < -0.3 is 15.0 Å². The van der Waals surface area contributed by atoms with Crippen LogP contribution in [0.3, 0.4) is 0 Å². The Morgan fingerprint density at radius 3 is 2.63 bits per heavy atom. The summed E-state index contributed by atoms with van der Waals surface area (Å²) in [5.41, 5.74) is 4.96. The number of carbonyl (C=O) groups excluding carboxylic acids is 1. The van der Waals surface area contributed by atoms with Crippen molar-refractivity contribution in [1.82, 2.24) is 4.98 Å². The molecule has 0 saturated heterocycles. The molecule has 1 N–H and O–H groups in total. The first-order valence-corrected chi connectivity index (χ1v) is 8.95. The van der Waals surface area contributed by atoms with E-state index in [1.54, 1.807) is 13.3 Å². The van der Waals surface area contributed by atoms with Gasteiger partial charge in [0.1, 0.15) is 5.75 Å². The normalized spacial score (nSPS) is 13.0. The van der Waals surface area contributed by atoms with Crippen LogP contribution in [0.15, 0.2) is 67.0 Å². The number of hydrogen-bond acceptors (Lipinski definition) is 4. The second kappa shape index (κ2) is 7.50. The van der Waals surface area contributed by atoms with Gasteiger partial charge in [0.15, 0.2) is 0 Å². The average molecular weight is 359 g/mol. The lowest BCUT2D eigenvalue weighted by molar-refractivity contribution is 0.102. The largest absolute Gasteiger partial charge is 0.497 e. The molecule has 3 aromatic rings. The van der Waals surface area contributed by atoms with Crippen molar-refractivity contribution in [3.05, 3.63) is 83.7 Å². The van der Waals surface area contributed by atoms with Crippen LogP contribution in [0.25, 0.3) is 0 Å². The predicted octanol–water partition coefficient (Wildman–Crippen LogP) is 3.91.